The summed E-state index contributed by atoms with van der Waals surface area (Å²) in [7, 11) is 1.85. The molecule has 2 unspecified atom stereocenters. The van der Waals surface area contributed by atoms with Crippen molar-refractivity contribution < 1.29 is 14.3 Å². The lowest BCUT2D eigenvalue weighted by molar-refractivity contribution is -0.138. The van der Waals surface area contributed by atoms with Gasteiger partial charge >= 0.3 is 5.97 Å². The van der Waals surface area contributed by atoms with E-state index < -0.39 is 11.8 Å². The van der Waals surface area contributed by atoms with E-state index in [1.807, 2.05) is 11.9 Å². The van der Waals surface area contributed by atoms with Gasteiger partial charge in [-0.25, -0.2) is 4.39 Å². The summed E-state index contributed by atoms with van der Waals surface area (Å²) in [4.78, 5) is 12.6. The number of anilines is 1. The van der Waals surface area contributed by atoms with Gasteiger partial charge in [-0.05, 0) is 30.5 Å². The van der Waals surface area contributed by atoms with Crippen LogP contribution in [-0.2, 0) is 4.79 Å². The first kappa shape index (κ1) is 12.2. The van der Waals surface area contributed by atoms with Crippen LogP contribution in [0.25, 0.3) is 0 Å². The Labute approximate surface area is 104 Å². The highest BCUT2D eigenvalue weighted by Gasteiger charge is 2.43. The fourth-order valence-corrected chi connectivity index (χ4v) is 2.11. The average Bonchev–Trinajstić information content (AvgIpc) is 3.01. The molecule has 0 spiro atoms. The molecule has 0 aromatic heterocycles. The zero-order valence-corrected chi connectivity index (χ0v) is 10.1. The maximum atomic E-state index is 13.0. The molecule has 2 atom stereocenters. The predicted molar refractivity (Wildman–Crippen MR) is 63.9 cm³/mol. The third kappa shape index (κ3) is 2.69. The molecule has 1 fully saturated rings. The number of rotatable bonds is 4. The maximum absolute atomic E-state index is 13.0. The van der Waals surface area contributed by atoms with Gasteiger partial charge in [0.1, 0.15) is 5.82 Å². The van der Waals surface area contributed by atoms with Crippen molar-refractivity contribution in [3.63, 3.8) is 0 Å². The summed E-state index contributed by atoms with van der Waals surface area (Å²) in [6.45, 7) is 0.652. The lowest BCUT2D eigenvalue weighted by atomic mass is 10.2. The van der Waals surface area contributed by atoms with Gasteiger partial charge < -0.3 is 10.0 Å². The van der Waals surface area contributed by atoms with Gasteiger partial charge in [0, 0.05) is 19.3 Å². The Balaban J connectivity index is 1.98. The second kappa shape index (κ2) is 4.53. The van der Waals surface area contributed by atoms with Crippen LogP contribution >= 0.6 is 11.6 Å². The Bertz CT molecular complexity index is 452. The fraction of sp³-hybridized carbons (Fsp3) is 0.417. The van der Waals surface area contributed by atoms with E-state index in [-0.39, 0.29) is 16.9 Å². The van der Waals surface area contributed by atoms with Crippen LogP contribution in [0.1, 0.15) is 6.42 Å². The van der Waals surface area contributed by atoms with Crippen LogP contribution in [0.2, 0.25) is 5.02 Å². The van der Waals surface area contributed by atoms with Crippen molar-refractivity contribution in [2.75, 3.05) is 18.5 Å². The summed E-state index contributed by atoms with van der Waals surface area (Å²) < 4.78 is 13.0. The van der Waals surface area contributed by atoms with Gasteiger partial charge in [-0.2, -0.15) is 0 Å². The molecule has 1 aromatic carbocycles. The SMILES string of the molecule is CN(CC1CC1C(=O)O)c1ccc(F)c(Cl)c1. The first-order chi connectivity index (χ1) is 7.99. The molecule has 92 valence electrons. The van der Waals surface area contributed by atoms with Crippen LogP contribution in [0, 0.1) is 17.7 Å². The highest BCUT2D eigenvalue weighted by molar-refractivity contribution is 6.31. The molecule has 0 heterocycles. The summed E-state index contributed by atoms with van der Waals surface area (Å²) in [6, 6.07) is 4.50. The van der Waals surface area contributed by atoms with Crippen molar-refractivity contribution in [2.24, 2.45) is 11.8 Å². The van der Waals surface area contributed by atoms with Gasteiger partial charge in [0.05, 0.1) is 10.9 Å². The lowest BCUT2D eigenvalue weighted by Gasteiger charge is -2.19. The molecule has 1 N–H and O–H groups in total. The highest BCUT2D eigenvalue weighted by atomic mass is 35.5. The summed E-state index contributed by atoms with van der Waals surface area (Å²) in [6.07, 6.45) is 0.717. The second-order valence-electron chi connectivity index (χ2n) is 4.42. The molecule has 1 aliphatic carbocycles. The zero-order valence-electron chi connectivity index (χ0n) is 9.36. The largest absolute Gasteiger partial charge is 0.481 e. The number of hydrogen-bond donors (Lipinski definition) is 1. The smallest absolute Gasteiger partial charge is 0.306 e. The number of hydrogen-bond acceptors (Lipinski definition) is 2. The molecule has 1 saturated carbocycles. The van der Waals surface area contributed by atoms with E-state index >= 15 is 0 Å². The molecular weight excluding hydrogens is 245 g/mol. The van der Waals surface area contributed by atoms with E-state index in [2.05, 4.69) is 0 Å². The Kier molecular flexibility index (Phi) is 3.24. The molecule has 0 bridgehead atoms. The van der Waals surface area contributed by atoms with Crippen LogP contribution < -0.4 is 4.90 Å². The van der Waals surface area contributed by atoms with E-state index in [1.54, 1.807) is 12.1 Å². The van der Waals surface area contributed by atoms with Crippen molar-refractivity contribution >= 4 is 23.3 Å². The Morgan fingerprint density at radius 2 is 2.35 bits per heavy atom. The Morgan fingerprint density at radius 3 is 2.88 bits per heavy atom. The van der Waals surface area contributed by atoms with Crippen molar-refractivity contribution in [1.29, 1.82) is 0 Å². The molecule has 0 radical (unpaired) electrons. The molecule has 1 aliphatic rings. The third-order valence-corrected chi connectivity index (χ3v) is 3.38. The number of nitrogens with zero attached hydrogens (tertiary/aromatic N) is 1. The number of carbonyl (C=O) groups is 1. The van der Waals surface area contributed by atoms with Gasteiger partial charge in [0.2, 0.25) is 0 Å². The molecular formula is C12H13ClFNO2. The molecule has 1 aromatic rings. The number of halogens is 2. The maximum Gasteiger partial charge on any atom is 0.306 e. The summed E-state index contributed by atoms with van der Waals surface area (Å²) >= 11 is 5.69. The van der Waals surface area contributed by atoms with Crippen molar-refractivity contribution in [1.82, 2.24) is 0 Å². The van der Waals surface area contributed by atoms with E-state index in [4.69, 9.17) is 16.7 Å². The first-order valence-corrected chi connectivity index (χ1v) is 5.76. The summed E-state index contributed by atoms with van der Waals surface area (Å²) in [5.74, 6) is -1.23. The standard InChI is InChI=1S/C12H13ClFNO2/c1-15(6-7-4-9(7)12(16)17)8-2-3-11(14)10(13)5-8/h2-3,5,7,9H,4,6H2,1H3,(H,16,17). The number of carboxylic acid groups (broad SMARTS) is 1. The van der Waals surface area contributed by atoms with Crippen LogP contribution in [0.5, 0.6) is 0 Å². The van der Waals surface area contributed by atoms with Gasteiger partial charge in [-0.15, -0.1) is 0 Å². The molecule has 0 saturated heterocycles. The Morgan fingerprint density at radius 1 is 1.65 bits per heavy atom. The molecule has 5 heteroatoms. The second-order valence-corrected chi connectivity index (χ2v) is 4.83. The third-order valence-electron chi connectivity index (χ3n) is 3.09. The van der Waals surface area contributed by atoms with E-state index in [0.717, 1.165) is 5.69 Å². The molecule has 0 aliphatic heterocycles. The first-order valence-electron chi connectivity index (χ1n) is 5.38. The van der Waals surface area contributed by atoms with Crippen molar-refractivity contribution in [3.05, 3.63) is 29.0 Å². The van der Waals surface area contributed by atoms with Gasteiger partial charge in [0.25, 0.3) is 0 Å². The van der Waals surface area contributed by atoms with Crippen LogP contribution in [0.15, 0.2) is 18.2 Å². The van der Waals surface area contributed by atoms with Crippen LogP contribution in [-0.4, -0.2) is 24.7 Å². The normalized spacial score (nSPS) is 22.3. The molecule has 17 heavy (non-hydrogen) atoms. The highest BCUT2D eigenvalue weighted by Crippen LogP contribution is 2.39. The monoisotopic (exact) mass is 257 g/mol. The Hall–Kier alpha value is -1.29. The predicted octanol–water partition coefficient (Wildman–Crippen LogP) is 2.64. The van der Waals surface area contributed by atoms with Gasteiger partial charge in [0.15, 0.2) is 0 Å². The van der Waals surface area contributed by atoms with Crippen LogP contribution in [0.4, 0.5) is 10.1 Å². The fourth-order valence-electron chi connectivity index (χ4n) is 1.93. The van der Waals surface area contributed by atoms with Gasteiger partial charge in [-0.3, -0.25) is 4.79 Å². The lowest BCUT2D eigenvalue weighted by Crippen LogP contribution is -2.21. The van der Waals surface area contributed by atoms with E-state index in [9.17, 15) is 9.18 Å². The molecule has 0 amide bonds. The minimum absolute atomic E-state index is 0.0833. The molecule has 2 rings (SSSR count). The topological polar surface area (TPSA) is 40.5 Å². The van der Waals surface area contributed by atoms with Gasteiger partial charge in [-0.1, -0.05) is 11.6 Å². The van der Waals surface area contributed by atoms with E-state index in [0.29, 0.717) is 13.0 Å². The summed E-state index contributed by atoms with van der Waals surface area (Å²) in [5, 5.41) is 8.88. The minimum Gasteiger partial charge on any atom is -0.481 e. The zero-order chi connectivity index (χ0) is 12.6. The molecule has 3 nitrogen and oxygen atoms in total. The number of carboxylic acids is 1. The number of aliphatic carboxylic acids is 1. The van der Waals surface area contributed by atoms with Crippen molar-refractivity contribution in [3.8, 4) is 0 Å². The summed E-state index contributed by atoms with van der Waals surface area (Å²) in [5.41, 5.74) is 0.799. The quantitative estimate of drug-likeness (QED) is 0.902. The van der Waals surface area contributed by atoms with Crippen molar-refractivity contribution in [2.45, 2.75) is 6.42 Å². The van der Waals surface area contributed by atoms with Crippen LogP contribution in [0.3, 0.4) is 0 Å². The van der Waals surface area contributed by atoms with E-state index in [1.165, 1.54) is 6.07 Å². The minimum atomic E-state index is -0.736. The number of benzene rings is 1. The average molecular weight is 258 g/mol.